The zero-order valence-electron chi connectivity index (χ0n) is 16.1. The van der Waals surface area contributed by atoms with Gasteiger partial charge in [0.2, 0.25) is 0 Å². The zero-order valence-corrected chi connectivity index (χ0v) is 17.7. The van der Waals surface area contributed by atoms with Crippen molar-refractivity contribution in [3.63, 3.8) is 0 Å². The van der Waals surface area contributed by atoms with Gasteiger partial charge >= 0.3 is 0 Å². The molecule has 0 N–H and O–H groups in total. The summed E-state index contributed by atoms with van der Waals surface area (Å²) in [6.07, 6.45) is 15.4. The monoisotopic (exact) mass is 362 g/mol. The minimum atomic E-state index is 0.492. The van der Waals surface area contributed by atoms with Crippen LogP contribution in [0.3, 0.4) is 0 Å². The Labute approximate surface area is 155 Å². The van der Waals surface area contributed by atoms with E-state index < -0.39 is 0 Å². The van der Waals surface area contributed by atoms with E-state index in [4.69, 9.17) is 4.74 Å². The summed E-state index contributed by atoms with van der Waals surface area (Å²) in [5.74, 6) is 5.01. The van der Waals surface area contributed by atoms with Crippen molar-refractivity contribution in [2.45, 2.75) is 97.5 Å². The summed E-state index contributed by atoms with van der Waals surface area (Å²) in [6.45, 7) is 7.78. The van der Waals surface area contributed by atoms with Gasteiger partial charge in [0.1, 0.15) is 0 Å². The third-order valence-electron chi connectivity index (χ3n) is 4.05. The Bertz CT molecular complexity index is 212. The molecule has 140 valence electrons. The Morgan fingerprint density at radius 2 is 1.26 bits per heavy atom. The highest BCUT2D eigenvalue weighted by molar-refractivity contribution is 7.99. The van der Waals surface area contributed by atoms with Crippen LogP contribution >= 0.6 is 23.5 Å². The summed E-state index contributed by atoms with van der Waals surface area (Å²) in [5, 5.41) is 0. The molecule has 0 bridgehead atoms. The fraction of sp³-hybridized carbons (Fsp3) is 1.00. The van der Waals surface area contributed by atoms with Crippen LogP contribution in [0.15, 0.2) is 0 Å². The molecule has 0 aromatic carbocycles. The number of hydrogen-bond donors (Lipinski definition) is 0. The van der Waals surface area contributed by atoms with E-state index in [1.165, 1.54) is 93.6 Å². The Morgan fingerprint density at radius 1 is 0.652 bits per heavy atom. The third-order valence-corrected chi connectivity index (χ3v) is 6.27. The molecule has 0 aromatic heterocycles. The maximum Gasteiger partial charge on any atom is 0.0665 e. The summed E-state index contributed by atoms with van der Waals surface area (Å²) in [4.78, 5) is 0. The normalized spacial score (nSPS) is 12.7. The van der Waals surface area contributed by atoms with E-state index in [0.717, 1.165) is 6.61 Å². The highest BCUT2D eigenvalue weighted by atomic mass is 32.2. The van der Waals surface area contributed by atoms with Gasteiger partial charge in [0, 0.05) is 11.5 Å². The van der Waals surface area contributed by atoms with Gasteiger partial charge < -0.3 is 4.74 Å². The Balaban J connectivity index is 3.54. The first-order valence-electron chi connectivity index (χ1n) is 10.1. The van der Waals surface area contributed by atoms with E-state index in [9.17, 15) is 0 Å². The maximum absolute atomic E-state index is 6.16. The van der Waals surface area contributed by atoms with Crippen LogP contribution in [-0.2, 0) is 4.74 Å². The second-order valence-corrected chi connectivity index (χ2v) is 8.82. The van der Waals surface area contributed by atoms with Crippen molar-refractivity contribution in [2.24, 2.45) is 0 Å². The number of hydrogen-bond acceptors (Lipinski definition) is 3. The molecular weight excluding hydrogens is 320 g/mol. The second-order valence-electron chi connectivity index (χ2n) is 6.44. The lowest BCUT2D eigenvalue weighted by atomic mass is 10.2. The summed E-state index contributed by atoms with van der Waals surface area (Å²) in [5.41, 5.74) is 0. The van der Waals surface area contributed by atoms with Crippen LogP contribution in [0.1, 0.15) is 91.4 Å². The molecule has 3 heteroatoms. The van der Waals surface area contributed by atoms with Crippen LogP contribution in [0.2, 0.25) is 0 Å². The highest BCUT2D eigenvalue weighted by Gasteiger charge is 2.08. The lowest BCUT2D eigenvalue weighted by Gasteiger charge is -2.17. The SMILES string of the molecule is CCCCCCSCCOC(CCCC)CSCCCCCC. The quantitative estimate of drug-likeness (QED) is 0.225. The zero-order chi connectivity index (χ0) is 17.0. The van der Waals surface area contributed by atoms with Gasteiger partial charge in [0.15, 0.2) is 0 Å². The molecule has 1 nitrogen and oxygen atoms in total. The lowest BCUT2D eigenvalue weighted by molar-refractivity contribution is 0.0740. The summed E-state index contributed by atoms with van der Waals surface area (Å²) < 4.78 is 6.16. The van der Waals surface area contributed by atoms with Gasteiger partial charge in [-0.3, -0.25) is 0 Å². The second kappa shape index (κ2) is 20.7. The van der Waals surface area contributed by atoms with Crippen molar-refractivity contribution >= 4 is 23.5 Å². The van der Waals surface area contributed by atoms with Gasteiger partial charge in [-0.25, -0.2) is 0 Å². The van der Waals surface area contributed by atoms with E-state index in [1.54, 1.807) is 0 Å². The van der Waals surface area contributed by atoms with Crippen molar-refractivity contribution in [3.8, 4) is 0 Å². The molecule has 0 aliphatic heterocycles. The highest BCUT2D eigenvalue weighted by Crippen LogP contribution is 2.15. The average molecular weight is 363 g/mol. The molecule has 0 saturated heterocycles. The van der Waals surface area contributed by atoms with Crippen LogP contribution in [-0.4, -0.2) is 35.7 Å². The molecule has 0 saturated carbocycles. The Kier molecular flexibility index (Phi) is 21.3. The molecule has 0 aromatic rings. The van der Waals surface area contributed by atoms with Gasteiger partial charge in [-0.1, -0.05) is 72.1 Å². The Hall–Kier alpha value is 0.660. The molecule has 0 heterocycles. The van der Waals surface area contributed by atoms with E-state index in [1.807, 2.05) is 0 Å². The van der Waals surface area contributed by atoms with Gasteiger partial charge in [-0.15, -0.1) is 0 Å². The smallest absolute Gasteiger partial charge is 0.0665 e. The van der Waals surface area contributed by atoms with E-state index >= 15 is 0 Å². The first-order chi connectivity index (χ1) is 11.3. The van der Waals surface area contributed by atoms with Gasteiger partial charge in [-0.05, 0) is 30.8 Å². The molecule has 0 radical (unpaired) electrons. The topological polar surface area (TPSA) is 9.23 Å². The van der Waals surface area contributed by atoms with Gasteiger partial charge in [0.05, 0.1) is 12.7 Å². The minimum Gasteiger partial charge on any atom is -0.377 e. The maximum atomic E-state index is 6.16. The van der Waals surface area contributed by atoms with Crippen molar-refractivity contribution in [3.05, 3.63) is 0 Å². The molecule has 0 rings (SSSR count). The molecular formula is C20H42OS2. The number of unbranched alkanes of at least 4 members (excludes halogenated alkanes) is 7. The summed E-state index contributed by atoms with van der Waals surface area (Å²) in [6, 6.07) is 0. The van der Waals surface area contributed by atoms with Gasteiger partial charge in [-0.2, -0.15) is 23.5 Å². The summed E-state index contributed by atoms with van der Waals surface area (Å²) in [7, 11) is 0. The number of ether oxygens (including phenoxy) is 1. The van der Waals surface area contributed by atoms with Crippen molar-refractivity contribution in [2.75, 3.05) is 29.6 Å². The van der Waals surface area contributed by atoms with Crippen LogP contribution in [0.4, 0.5) is 0 Å². The minimum absolute atomic E-state index is 0.492. The molecule has 0 aliphatic carbocycles. The van der Waals surface area contributed by atoms with Crippen LogP contribution < -0.4 is 0 Å². The predicted octanol–water partition coefficient (Wildman–Crippen LogP) is 7.19. The van der Waals surface area contributed by atoms with Crippen LogP contribution in [0.5, 0.6) is 0 Å². The summed E-state index contributed by atoms with van der Waals surface area (Å²) >= 11 is 4.18. The molecule has 1 unspecified atom stereocenters. The fourth-order valence-electron chi connectivity index (χ4n) is 2.50. The van der Waals surface area contributed by atoms with Crippen LogP contribution in [0, 0.1) is 0 Å². The van der Waals surface area contributed by atoms with Gasteiger partial charge in [0.25, 0.3) is 0 Å². The lowest BCUT2D eigenvalue weighted by Crippen LogP contribution is -2.18. The van der Waals surface area contributed by atoms with Crippen LogP contribution in [0.25, 0.3) is 0 Å². The van der Waals surface area contributed by atoms with E-state index in [2.05, 4.69) is 44.3 Å². The Morgan fingerprint density at radius 3 is 1.87 bits per heavy atom. The average Bonchev–Trinajstić information content (AvgIpc) is 2.57. The van der Waals surface area contributed by atoms with Crippen molar-refractivity contribution < 1.29 is 4.74 Å². The van der Waals surface area contributed by atoms with E-state index in [0.29, 0.717) is 6.10 Å². The largest absolute Gasteiger partial charge is 0.377 e. The molecule has 0 fully saturated rings. The third kappa shape index (κ3) is 18.8. The van der Waals surface area contributed by atoms with E-state index in [-0.39, 0.29) is 0 Å². The van der Waals surface area contributed by atoms with Crippen molar-refractivity contribution in [1.29, 1.82) is 0 Å². The fourth-order valence-corrected chi connectivity index (χ4v) is 4.43. The molecule has 0 amide bonds. The molecule has 1 atom stereocenters. The number of thioether (sulfide) groups is 2. The van der Waals surface area contributed by atoms with Crippen molar-refractivity contribution in [1.82, 2.24) is 0 Å². The molecule has 23 heavy (non-hydrogen) atoms. The first kappa shape index (κ1) is 23.7. The predicted molar refractivity (Wildman–Crippen MR) is 112 cm³/mol. The molecule has 0 spiro atoms. The molecule has 0 aliphatic rings. The standard InChI is InChI=1S/C20H42OS2/c1-4-7-10-12-16-22-18-15-21-20(14-9-6-3)19-23-17-13-11-8-5-2/h20H,4-19H2,1-3H3. The first-order valence-corrected chi connectivity index (χ1v) is 12.4. The number of rotatable bonds is 19.